The van der Waals surface area contributed by atoms with Gasteiger partial charge in [-0.2, -0.15) is 0 Å². The highest BCUT2D eigenvalue weighted by atomic mass is 16.3. The van der Waals surface area contributed by atoms with Crippen molar-refractivity contribution in [2.45, 2.75) is 0 Å². The number of hydrogen-bond acceptors (Lipinski definition) is 2. The molecule has 0 saturated carbocycles. The quantitative estimate of drug-likeness (QED) is 0.209. The lowest BCUT2D eigenvalue weighted by molar-refractivity contribution is 0.669. The van der Waals surface area contributed by atoms with E-state index in [0.29, 0.717) is 0 Å². The first-order valence-electron chi connectivity index (χ1n) is 14.4. The number of benzene rings is 8. The van der Waals surface area contributed by atoms with Crippen LogP contribution in [0.2, 0.25) is 0 Å². The lowest BCUT2D eigenvalue weighted by Gasteiger charge is -2.29. The maximum atomic E-state index is 6.36. The molecule has 0 bridgehead atoms. The van der Waals surface area contributed by atoms with E-state index >= 15 is 0 Å². The Labute approximate surface area is 242 Å². The molecule has 0 saturated heterocycles. The topological polar surface area (TPSA) is 16.4 Å². The van der Waals surface area contributed by atoms with Crippen LogP contribution >= 0.6 is 0 Å². The fourth-order valence-electron chi connectivity index (χ4n) is 6.70. The zero-order chi connectivity index (χ0) is 27.6. The molecular formula is C40H25NO. The van der Waals surface area contributed by atoms with Crippen LogP contribution < -0.4 is 4.90 Å². The molecule has 1 aromatic heterocycles. The molecule has 0 amide bonds. The van der Waals surface area contributed by atoms with Crippen molar-refractivity contribution in [1.82, 2.24) is 0 Å². The Morgan fingerprint density at radius 2 is 1.05 bits per heavy atom. The Morgan fingerprint density at radius 1 is 0.357 bits per heavy atom. The zero-order valence-electron chi connectivity index (χ0n) is 22.8. The van der Waals surface area contributed by atoms with Gasteiger partial charge in [-0.15, -0.1) is 0 Å². The Bertz CT molecular complexity index is 2470. The van der Waals surface area contributed by atoms with Crippen molar-refractivity contribution in [3.8, 4) is 0 Å². The van der Waals surface area contributed by atoms with E-state index in [2.05, 4.69) is 144 Å². The van der Waals surface area contributed by atoms with Gasteiger partial charge in [0.1, 0.15) is 11.2 Å². The molecule has 42 heavy (non-hydrogen) atoms. The molecule has 0 radical (unpaired) electrons. The summed E-state index contributed by atoms with van der Waals surface area (Å²) in [5.74, 6) is 0. The Hall–Kier alpha value is -5.60. The van der Waals surface area contributed by atoms with Crippen LogP contribution in [-0.2, 0) is 0 Å². The largest absolute Gasteiger partial charge is 0.456 e. The van der Waals surface area contributed by atoms with E-state index in [9.17, 15) is 0 Å². The SMILES string of the molecule is c1ccc(N(c2cccc3cc4c(cc23)oc2ccccc24)c2cc3ccc4ccccc4c3c3ccccc23)cc1. The van der Waals surface area contributed by atoms with Crippen molar-refractivity contribution in [3.63, 3.8) is 0 Å². The van der Waals surface area contributed by atoms with Crippen molar-refractivity contribution in [2.24, 2.45) is 0 Å². The van der Waals surface area contributed by atoms with Crippen molar-refractivity contribution in [3.05, 3.63) is 152 Å². The number of rotatable bonds is 3. The Morgan fingerprint density at radius 3 is 1.93 bits per heavy atom. The molecular weight excluding hydrogens is 510 g/mol. The lowest BCUT2D eigenvalue weighted by Crippen LogP contribution is -2.11. The summed E-state index contributed by atoms with van der Waals surface area (Å²) in [4.78, 5) is 2.41. The summed E-state index contributed by atoms with van der Waals surface area (Å²) in [6.07, 6.45) is 0. The number of fused-ring (bicyclic) bond motifs is 9. The molecule has 196 valence electrons. The highest BCUT2D eigenvalue weighted by Crippen LogP contribution is 2.46. The predicted octanol–water partition coefficient (Wildman–Crippen LogP) is 11.7. The van der Waals surface area contributed by atoms with Crippen molar-refractivity contribution in [2.75, 3.05) is 4.90 Å². The molecule has 1 heterocycles. The maximum absolute atomic E-state index is 6.36. The summed E-state index contributed by atoms with van der Waals surface area (Å²) in [7, 11) is 0. The molecule has 0 fully saturated rings. The molecule has 0 aliphatic heterocycles. The molecule has 0 unspecified atom stereocenters. The second-order valence-corrected chi connectivity index (χ2v) is 10.9. The van der Waals surface area contributed by atoms with Gasteiger partial charge in [-0.3, -0.25) is 0 Å². The first-order chi connectivity index (χ1) is 20.8. The first-order valence-corrected chi connectivity index (χ1v) is 14.4. The van der Waals surface area contributed by atoms with Crippen LogP contribution in [0, 0.1) is 0 Å². The molecule has 8 aromatic carbocycles. The van der Waals surface area contributed by atoms with E-state index in [0.717, 1.165) is 44.4 Å². The Balaban J connectivity index is 1.39. The fourth-order valence-corrected chi connectivity index (χ4v) is 6.70. The third-order valence-electron chi connectivity index (χ3n) is 8.58. The average molecular weight is 536 g/mol. The van der Waals surface area contributed by atoms with Gasteiger partial charge in [-0.05, 0) is 74.8 Å². The standard InChI is InChI=1S/C40H25NO/c1-2-13-29(14-3-1)41(36-19-10-12-27-23-35-32-17-8-9-20-38(32)42-39(35)25-34(27)36)37-24-28-22-21-26-11-4-5-15-30(26)40(28)33-18-7-6-16-31(33)37/h1-25H. The zero-order valence-corrected chi connectivity index (χ0v) is 22.8. The number of anilines is 3. The van der Waals surface area contributed by atoms with Crippen LogP contribution in [0.5, 0.6) is 0 Å². The summed E-state index contributed by atoms with van der Waals surface area (Å²) in [5.41, 5.74) is 5.19. The summed E-state index contributed by atoms with van der Waals surface area (Å²) < 4.78 is 6.36. The molecule has 9 rings (SSSR count). The smallest absolute Gasteiger partial charge is 0.136 e. The molecule has 9 aromatic rings. The summed E-state index contributed by atoms with van der Waals surface area (Å²) in [6, 6.07) is 54.4. The van der Waals surface area contributed by atoms with Gasteiger partial charge in [0, 0.05) is 27.2 Å². The minimum Gasteiger partial charge on any atom is -0.456 e. The molecule has 0 atom stereocenters. The van der Waals surface area contributed by atoms with E-state index in [-0.39, 0.29) is 0 Å². The third-order valence-corrected chi connectivity index (χ3v) is 8.58. The summed E-state index contributed by atoms with van der Waals surface area (Å²) in [5, 5.41) is 12.1. The third kappa shape index (κ3) is 3.39. The molecule has 0 aliphatic carbocycles. The average Bonchev–Trinajstić information content (AvgIpc) is 3.42. The van der Waals surface area contributed by atoms with E-state index in [1.165, 1.54) is 37.7 Å². The molecule has 0 aliphatic rings. The second-order valence-electron chi connectivity index (χ2n) is 10.9. The molecule has 0 spiro atoms. The minimum atomic E-state index is 0.902. The minimum absolute atomic E-state index is 0.902. The Kier molecular flexibility index (Phi) is 4.93. The number of hydrogen-bond donors (Lipinski definition) is 0. The normalized spacial score (nSPS) is 11.8. The highest BCUT2D eigenvalue weighted by molar-refractivity contribution is 6.24. The van der Waals surface area contributed by atoms with Crippen LogP contribution in [0.1, 0.15) is 0 Å². The van der Waals surface area contributed by atoms with Gasteiger partial charge in [0.05, 0.1) is 11.4 Å². The molecule has 2 nitrogen and oxygen atoms in total. The van der Waals surface area contributed by atoms with Gasteiger partial charge in [0.25, 0.3) is 0 Å². The van der Waals surface area contributed by atoms with Crippen LogP contribution in [0.4, 0.5) is 17.1 Å². The fraction of sp³-hybridized carbons (Fsp3) is 0. The summed E-state index contributed by atoms with van der Waals surface area (Å²) >= 11 is 0. The van der Waals surface area contributed by atoms with Crippen LogP contribution in [0.25, 0.3) is 65.0 Å². The van der Waals surface area contributed by atoms with Crippen molar-refractivity contribution >= 4 is 82.1 Å². The number of nitrogens with zero attached hydrogens (tertiary/aromatic N) is 1. The predicted molar refractivity (Wildman–Crippen MR) is 178 cm³/mol. The van der Waals surface area contributed by atoms with E-state index in [1.54, 1.807) is 0 Å². The number of furan rings is 1. The van der Waals surface area contributed by atoms with Gasteiger partial charge in [0.2, 0.25) is 0 Å². The van der Waals surface area contributed by atoms with E-state index < -0.39 is 0 Å². The van der Waals surface area contributed by atoms with E-state index in [4.69, 9.17) is 4.42 Å². The second kappa shape index (κ2) is 8.95. The van der Waals surface area contributed by atoms with Gasteiger partial charge in [-0.1, -0.05) is 109 Å². The van der Waals surface area contributed by atoms with Gasteiger partial charge in [-0.25, -0.2) is 0 Å². The van der Waals surface area contributed by atoms with Crippen molar-refractivity contribution in [1.29, 1.82) is 0 Å². The molecule has 2 heteroatoms. The first kappa shape index (κ1) is 23.1. The van der Waals surface area contributed by atoms with Crippen molar-refractivity contribution < 1.29 is 4.42 Å². The van der Waals surface area contributed by atoms with Gasteiger partial charge < -0.3 is 9.32 Å². The highest BCUT2D eigenvalue weighted by Gasteiger charge is 2.20. The lowest BCUT2D eigenvalue weighted by atomic mass is 9.94. The van der Waals surface area contributed by atoms with Crippen LogP contribution in [0.15, 0.2) is 156 Å². The van der Waals surface area contributed by atoms with Gasteiger partial charge >= 0.3 is 0 Å². The van der Waals surface area contributed by atoms with Gasteiger partial charge in [0.15, 0.2) is 0 Å². The molecule has 0 N–H and O–H groups in total. The van der Waals surface area contributed by atoms with Crippen LogP contribution in [0.3, 0.4) is 0 Å². The van der Waals surface area contributed by atoms with E-state index in [1.807, 2.05) is 12.1 Å². The maximum Gasteiger partial charge on any atom is 0.136 e. The monoisotopic (exact) mass is 535 g/mol. The number of para-hydroxylation sites is 2. The van der Waals surface area contributed by atoms with Crippen LogP contribution in [-0.4, -0.2) is 0 Å². The summed E-state index contributed by atoms with van der Waals surface area (Å²) in [6.45, 7) is 0.